The van der Waals surface area contributed by atoms with E-state index in [1.165, 1.54) is 5.56 Å². The maximum absolute atomic E-state index is 13.3. The Morgan fingerprint density at radius 3 is 2.51 bits per heavy atom. The summed E-state index contributed by atoms with van der Waals surface area (Å²) in [6.07, 6.45) is 4.78. The molecule has 6 nitrogen and oxygen atoms in total. The predicted molar refractivity (Wildman–Crippen MR) is 152 cm³/mol. The van der Waals surface area contributed by atoms with E-state index in [9.17, 15) is 4.79 Å². The van der Waals surface area contributed by atoms with Gasteiger partial charge in [0.1, 0.15) is 5.70 Å². The summed E-state index contributed by atoms with van der Waals surface area (Å²) < 4.78 is 13.5. The zero-order valence-electron chi connectivity index (χ0n) is 21.2. The van der Waals surface area contributed by atoms with Crippen LogP contribution in [-0.2, 0) is 11.3 Å². The summed E-state index contributed by atoms with van der Waals surface area (Å²) >= 11 is 5.52. The number of ether oxygens (including phenoxy) is 2. The first-order chi connectivity index (χ1) is 18.0. The number of amides is 1. The lowest BCUT2D eigenvalue weighted by Gasteiger charge is -2.15. The van der Waals surface area contributed by atoms with Gasteiger partial charge in [-0.2, -0.15) is 0 Å². The molecule has 7 heteroatoms. The van der Waals surface area contributed by atoms with E-state index >= 15 is 0 Å². The smallest absolute Gasteiger partial charge is 0.281 e. The molecule has 0 bridgehead atoms. The molecule has 0 saturated carbocycles. The SMILES string of the molecule is COc1ccccc1OCCCn1cc(/C=C2\NC(=S)N(c3ccc(C)c(C)c3)C2=O)c2ccccc21. The minimum absolute atomic E-state index is 0.157. The van der Waals surface area contributed by atoms with E-state index in [1.54, 1.807) is 12.0 Å². The van der Waals surface area contributed by atoms with Crippen LogP contribution in [0, 0.1) is 13.8 Å². The van der Waals surface area contributed by atoms with Crippen LogP contribution in [0.15, 0.2) is 78.6 Å². The van der Waals surface area contributed by atoms with Gasteiger partial charge in [0.15, 0.2) is 16.6 Å². The average molecular weight is 512 g/mol. The van der Waals surface area contributed by atoms with E-state index < -0.39 is 0 Å². The van der Waals surface area contributed by atoms with Crippen molar-refractivity contribution in [1.29, 1.82) is 0 Å². The molecular formula is C30H29N3O3S. The molecule has 0 aliphatic carbocycles. The number of aromatic nitrogens is 1. The number of hydrogen-bond donors (Lipinski definition) is 1. The van der Waals surface area contributed by atoms with Crippen LogP contribution < -0.4 is 19.7 Å². The van der Waals surface area contributed by atoms with Crippen molar-refractivity contribution in [1.82, 2.24) is 9.88 Å². The summed E-state index contributed by atoms with van der Waals surface area (Å²) in [6, 6.07) is 21.8. The van der Waals surface area contributed by atoms with Crippen LogP contribution in [0.2, 0.25) is 0 Å². The van der Waals surface area contributed by atoms with Gasteiger partial charge in [0.2, 0.25) is 0 Å². The quantitative estimate of drug-likeness (QED) is 0.179. The monoisotopic (exact) mass is 511 g/mol. The summed E-state index contributed by atoms with van der Waals surface area (Å²) in [5, 5.41) is 4.58. The number of para-hydroxylation sites is 3. The summed E-state index contributed by atoms with van der Waals surface area (Å²) in [5.74, 6) is 1.31. The number of methoxy groups -OCH3 is 1. The van der Waals surface area contributed by atoms with Gasteiger partial charge in [-0.15, -0.1) is 0 Å². The first-order valence-corrected chi connectivity index (χ1v) is 12.6. The van der Waals surface area contributed by atoms with Gasteiger partial charge in [-0.1, -0.05) is 36.4 Å². The molecule has 2 heterocycles. The summed E-state index contributed by atoms with van der Waals surface area (Å²) in [6.45, 7) is 5.41. The molecule has 37 heavy (non-hydrogen) atoms. The Kier molecular flexibility index (Phi) is 6.97. The van der Waals surface area contributed by atoms with E-state index in [0.29, 0.717) is 17.4 Å². The van der Waals surface area contributed by atoms with Crippen molar-refractivity contribution in [3.63, 3.8) is 0 Å². The van der Waals surface area contributed by atoms with Crippen LogP contribution in [0.4, 0.5) is 5.69 Å². The molecule has 0 spiro atoms. The standard InChI is InChI=1S/C30H29N3O3S/c1-20-13-14-23(17-21(20)2)33-29(34)25(31-30(33)37)18-22-19-32(26-10-5-4-9-24(22)26)15-8-16-36-28-12-7-6-11-27(28)35-3/h4-7,9-14,17-19H,8,15-16H2,1-3H3,(H,31,37)/b25-18-. The van der Waals surface area contributed by atoms with Crippen molar-refractivity contribution in [3.05, 3.63) is 95.3 Å². The largest absolute Gasteiger partial charge is 0.493 e. The predicted octanol–water partition coefficient (Wildman–Crippen LogP) is 6.00. The Bertz CT molecular complexity index is 1520. The summed E-state index contributed by atoms with van der Waals surface area (Å²) in [5.41, 5.74) is 5.58. The van der Waals surface area contributed by atoms with E-state index in [0.717, 1.165) is 52.2 Å². The number of carbonyl (C=O) groups excluding carboxylic acids is 1. The number of hydrogen-bond acceptors (Lipinski definition) is 4. The fraction of sp³-hybridized carbons (Fsp3) is 0.200. The highest BCUT2D eigenvalue weighted by atomic mass is 32.1. The molecule has 0 unspecified atom stereocenters. The molecule has 1 N–H and O–H groups in total. The molecular weight excluding hydrogens is 482 g/mol. The fourth-order valence-corrected chi connectivity index (χ4v) is 4.82. The summed E-state index contributed by atoms with van der Waals surface area (Å²) in [4.78, 5) is 14.9. The van der Waals surface area contributed by atoms with Gasteiger partial charge >= 0.3 is 0 Å². The highest BCUT2D eigenvalue weighted by molar-refractivity contribution is 7.80. The Morgan fingerprint density at radius 2 is 1.73 bits per heavy atom. The lowest BCUT2D eigenvalue weighted by Crippen LogP contribution is -2.30. The second-order valence-electron chi connectivity index (χ2n) is 9.05. The van der Waals surface area contributed by atoms with Crippen molar-refractivity contribution >= 4 is 45.9 Å². The van der Waals surface area contributed by atoms with E-state index in [2.05, 4.69) is 28.2 Å². The zero-order valence-corrected chi connectivity index (χ0v) is 22.0. The molecule has 1 aliphatic rings. The number of rotatable bonds is 8. The van der Waals surface area contributed by atoms with Crippen molar-refractivity contribution in [2.75, 3.05) is 18.6 Å². The second-order valence-corrected chi connectivity index (χ2v) is 9.43. The highest BCUT2D eigenvalue weighted by Gasteiger charge is 2.32. The molecule has 1 aromatic heterocycles. The lowest BCUT2D eigenvalue weighted by atomic mass is 10.1. The second kappa shape index (κ2) is 10.5. The van der Waals surface area contributed by atoms with E-state index in [-0.39, 0.29) is 5.91 Å². The normalized spacial score (nSPS) is 14.5. The molecule has 188 valence electrons. The number of anilines is 1. The van der Waals surface area contributed by atoms with Crippen molar-refractivity contribution in [2.45, 2.75) is 26.8 Å². The molecule has 1 saturated heterocycles. The number of fused-ring (bicyclic) bond motifs is 1. The minimum atomic E-state index is -0.157. The fourth-order valence-electron chi connectivity index (χ4n) is 4.52. The molecule has 3 aromatic carbocycles. The third-order valence-corrected chi connectivity index (χ3v) is 6.90. The van der Waals surface area contributed by atoms with Crippen LogP contribution in [0.25, 0.3) is 17.0 Å². The zero-order chi connectivity index (χ0) is 25.9. The molecule has 1 amide bonds. The van der Waals surface area contributed by atoms with E-state index in [4.69, 9.17) is 21.7 Å². The third kappa shape index (κ3) is 4.95. The average Bonchev–Trinajstić information content (AvgIpc) is 3.39. The Hall–Kier alpha value is -4.10. The number of aryl methyl sites for hydroxylation is 3. The van der Waals surface area contributed by atoms with Crippen LogP contribution in [-0.4, -0.2) is 29.3 Å². The van der Waals surface area contributed by atoms with Gasteiger partial charge in [-0.05, 0) is 80.0 Å². The van der Waals surface area contributed by atoms with Crippen LogP contribution >= 0.6 is 12.2 Å². The highest BCUT2D eigenvalue weighted by Crippen LogP contribution is 2.29. The number of carbonyl (C=O) groups is 1. The van der Waals surface area contributed by atoms with Crippen LogP contribution in [0.5, 0.6) is 11.5 Å². The number of benzene rings is 3. The van der Waals surface area contributed by atoms with Gasteiger partial charge in [0.05, 0.1) is 19.4 Å². The van der Waals surface area contributed by atoms with Gasteiger partial charge in [-0.3, -0.25) is 9.69 Å². The maximum Gasteiger partial charge on any atom is 0.281 e. The molecule has 0 atom stereocenters. The molecule has 4 aromatic rings. The first kappa shape index (κ1) is 24.6. The Morgan fingerprint density at radius 1 is 0.973 bits per heavy atom. The van der Waals surface area contributed by atoms with Gasteiger partial charge in [0, 0.05) is 29.2 Å². The number of thiocarbonyl (C=S) groups is 1. The maximum atomic E-state index is 13.3. The number of nitrogens with one attached hydrogen (secondary N) is 1. The molecule has 0 radical (unpaired) electrons. The van der Waals surface area contributed by atoms with Gasteiger partial charge in [0.25, 0.3) is 5.91 Å². The topological polar surface area (TPSA) is 55.7 Å². The van der Waals surface area contributed by atoms with Crippen molar-refractivity contribution in [3.8, 4) is 11.5 Å². The van der Waals surface area contributed by atoms with Crippen molar-refractivity contribution in [2.24, 2.45) is 0 Å². The van der Waals surface area contributed by atoms with Crippen LogP contribution in [0.1, 0.15) is 23.1 Å². The Balaban J connectivity index is 1.35. The molecule has 5 rings (SSSR count). The van der Waals surface area contributed by atoms with E-state index in [1.807, 2.05) is 74.5 Å². The molecule has 1 fully saturated rings. The minimum Gasteiger partial charge on any atom is -0.493 e. The summed E-state index contributed by atoms with van der Waals surface area (Å²) in [7, 11) is 1.64. The lowest BCUT2D eigenvalue weighted by molar-refractivity contribution is -0.113. The first-order valence-electron chi connectivity index (χ1n) is 12.2. The van der Waals surface area contributed by atoms with Crippen LogP contribution in [0.3, 0.4) is 0 Å². The Labute approximate surface area is 222 Å². The van der Waals surface area contributed by atoms with Crippen molar-refractivity contribution < 1.29 is 14.3 Å². The molecule has 1 aliphatic heterocycles. The van der Waals surface area contributed by atoms with Gasteiger partial charge < -0.3 is 19.4 Å². The number of nitrogens with zero attached hydrogens (tertiary/aromatic N) is 2. The third-order valence-electron chi connectivity index (χ3n) is 6.62. The van der Waals surface area contributed by atoms with Gasteiger partial charge in [-0.25, -0.2) is 0 Å².